The molecule has 2 aliphatic heterocycles. The molecule has 0 aromatic heterocycles. The van der Waals surface area contributed by atoms with Crippen LogP contribution in [0.15, 0.2) is 182 Å². The first kappa shape index (κ1) is 48.8. The second-order valence-corrected chi connectivity index (χ2v) is 17.0. The van der Waals surface area contributed by atoms with E-state index in [0.717, 1.165) is 33.4 Å². The van der Waals surface area contributed by atoms with E-state index in [0.29, 0.717) is 0 Å². The highest BCUT2D eigenvalue weighted by Crippen LogP contribution is 2.39. The van der Waals surface area contributed by atoms with Crippen LogP contribution in [0.2, 0.25) is 0 Å². The number of esters is 1. The van der Waals surface area contributed by atoms with E-state index in [-0.39, 0.29) is 52.9 Å². The zero-order valence-corrected chi connectivity index (χ0v) is 38.3. The molecule has 0 radical (unpaired) electrons. The SMILES string of the molecule is CC(=O)OC[C@@]1(OC[C@@]2(O)OC[C@@H](OCc3ccccc3)[C@@H](OCc3ccccc3)[C@@H]2OCc2ccccc2)OC[C@@H](OCc2ccccc2)[C@@H](OCc2ccccc2)[C@@H]1OCc1ccccc1. The highest BCUT2D eigenvalue weighted by Gasteiger charge is 2.59. The monoisotopic (exact) mass is 924 g/mol. The summed E-state index contributed by atoms with van der Waals surface area (Å²) >= 11 is 0. The Balaban J connectivity index is 1.14. The van der Waals surface area contributed by atoms with Crippen molar-refractivity contribution in [3.63, 3.8) is 0 Å². The van der Waals surface area contributed by atoms with Crippen LogP contribution in [0.25, 0.3) is 0 Å². The fourth-order valence-electron chi connectivity index (χ4n) is 8.27. The summed E-state index contributed by atoms with van der Waals surface area (Å²) in [5.41, 5.74) is 5.48. The molecule has 0 aliphatic carbocycles. The summed E-state index contributed by atoms with van der Waals surface area (Å²) in [7, 11) is 0. The molecule has 1 N–H and O–H groups in total. The molecular weight excluding hydrogens is 865 g/mol. The Morgan fingerprint density at radius 2 is 0.779 bits per heavy atom. The van der Waals surface area contributed by atoms with Gasteiger partial charge in [-0.05, 0) is 33.4 Å². The van der Waals surface area contributed by atoms with Crippen molar-refractivity contribution in [1.82, 2.24) is 0 Å². The van der Waals surface area contributed by atoms with E-state index in [4.69, 9.17) is 47.4 Å². The molecule has 12 heteroatoms. The largest absolute Gasteiger partial charge is 0.460 e. The number of hydrogen-bond donors (Lipinski definition) is 1. The molecule has 6 aromatic rings. The van der Waals surface area contributed by atoms with Crippen LogP contribution in [-0.4, -0.2) is 85.7 Å². The molecule has 0 spiro atoms. The van der Waals surface area contributed by atoms with Gasteiger partial charge in [-0.15, -0.1) is 0 Å². The molecule has 2 saturated heterocycles. The minimum absolute atomic E-state index is 0.0514. The second kappa shape index (κ2) is 24.6. The maximum absolute atomic E-state index is 13.0. The van der Waals surface area contributed by atoms with Crippen LogP contribution in [-0.2, 0) is 91.8 Å². The van der Waals surface area contributed by atoms with Crippen molar-refractivity contribution in [2.45, 2.75) is 94.8 Å². The van der Waals surface area contributed by atoms with Crippen LogP contribution in [0, 0.1) is 0 Å². The van der Waals surface area contributed by atoms with E-state index in [9.17, 15) is 9.90 Å². The summed E-state index contributed by atoms with van der Waals surface area (Å²) in [6.45, 7) is 1.31. The Hall–Kier alpha value is -5.61. The van der Waals surface area contributed by atoms with Gasteiger partial charge < -0.3 is 52.5 Å². The Kier molecular flexibility index (Phi) is 17.7. The zero-order valence-electron chi connectivity index (χ0n) is 38.3. The Morgan fingerprint density at radius 1 is 0.456 bits per heavy atom. The molecule has 356 valence electrons. The maximum Gasteiger partial charge on any atom is 0.302 e. The third kappa shape index (κ3) is 13.5. The first-order valence-electron chi connectivity index (χ1n) is 23.1. The summed E-state index contributed by atoms with van der Waals surface area (Å²) in [5, 5.41) is 13.0. The standard InChI is InChI=1S/C56H60O12/c1-42(57)65-41-56(54(64-37-48-30-18-7-19-31-48)52(62-35-46-26-14-5-15-27-46)50(39-67-56)60-33-44-22-10-3-11-23-44)68-40-55(58)53(63-36-47-28-16-6-17-29-47)51(61-34-45-24-12-4-13-25-45)49(38-66-55)59-32-43-20-8-2-9-21-43/h2-31,49-54,58H,32-41H2,1H3/t49-,50-,51-,52-,53+,54+,55-,56+/m1/s1. The highest BCUT2D eigenvalue weighted by molar-refractivity contribution is 5.66. The summed E-state index contributed by atoms with van der Waals surface area (Å²) in [6.07, 6.45) is -5.38. The van der Waals surface area contributed by atoms with Crippen LogP contribution >= 0.6 is 0 Å². The van der Waals surface area contributed by atoms with Crippen molar-refractivity contribution in [2.24, 2.45) is 0 Å². The lowest BCUT2D eigenvalue weighted by Gasteiger charge is -2.51. The number of aliphatic hydroxyl groups is 1. The smallest absolute Gasteiger partial charge is 0.302 e. The van der Waals surface area contributed by atoms with Crippen molar-refractivity contribution >= 4 is 5.97 Å². The molecule has 0 bridgehead atoms. The third-order valence-corrected chi connectivity index (χ3v) is 11.9. The fourth-order valence-corrected chi connectivity index (χ4v) is 8.27. The van der Waals surface area contributed by atoms with Crippen molar-refractivity contribution in [1.29, 1.82) is 0 Å². The average Bonchev–Trinajstić information content (AvgIpc) is 3.39. The van der Waals surface area contributed by atoms with Gasteiger partial charge in [-0.2, -0.15) is 0 Å². The number of benzene rings is 6. The van der Waals surface area contributed by atoms with Gasteiger partial charge in [-0.3, -0.25) is 4.79 Å². The van der Waals surface area contributed by atoms with E-state index in [2.05, 4.69) is 0 Å². The van der Waals surface area contributed by atoms with Crippen molar-refractivity contribution in [3.8, 4) is 0 Å². The molecule has 8 rings (SSSR count). The van der Waals surface area contributed by atoms with Gasteiger partial charge in [-0.1, -0.05) is 182 Å². The Morgan fingerprint density at radius 3 is 1.16 bits per heavy atom. The van der Waals surface area contributed by atoms with Gasteiger partial charge in [-0.25, -0.2) is 0 Å². The van der Waals surface area contributed by atoms with E-state index >= 15 is 0 Å². The van der Waals surface area contributed by atoms with E-state index < -0.39 is 67.4 Å². The third-order valence-electron chi connectivity index (χ3n) is 11.9. The van der Waals surface area contributed by atoms with E-state index in [1.165, 1.54) is 6.92 Å². The molecular formula is C56H60O12. The van der Waals surface area contributed by atoms with Crippen LogP contribution < -0.4 is 0 Å². The summed E-state index contributed by atoms with van der Waals surface area (Å²) in [4.78, 5) is 12.7. The van der Waals surface area contributed by atoms with Crippen molar-refractivity contribution < 1.29 is 57.3 Å². The summed E-state index contributed by atoms with van der Waals surface area (Å²) in [6, 6.07) is 58.5. The Labute approximate surface area is 398 Å². The predicted molar refractivity (Wildman–Crippen MR) is 252 cm³/mol. The van der Waals surface area contributed by atoms with Crippen LogP contribution in [0.4, 0.5) is 0 Å². The lowest BCUT2D eigenvalue weighted by atomic mass is 9.94. The molecule has 8 atom stereocenters. The minimum Gasteiger partial charge on any atom is -0.460 e. The predicted octanol–water partition coefficient (Wildman–Crippen LogP) is 8.52. The normalized spacial score (nSPS) is 24.9. The highest BCUT2D eigenvalue weighted by atomic mass is 16.8. The molecule has 0 amide bonds. The number of rotatable bonds is 23. The summed E-state index contributed by atoms with van der Waals surface area (Å²) in [5.74, 6) is -4.63. The van der Waals surface area contributed by atoms with Gasteiger partial charge in [0.2, 0.25) is 11.6 Å². The van der Waals surface area contributed by atoms with Crippen molar-refractivity contribution in [3.05, 3.63) is 215 Å². The lowest BCUT2D eigenvalue weighted by molar-refractivity contribution is -0.406. The number of carbonyl (C=O) groups is 1. The molecule has 2 heterocycles. The van der Waals surface area contributed by atoms with Gasteiger partial charge in [0.05, 0.1) is 52.9 Å². The topological polar surface area (TPSA) is 130 Å². The van der Waals surface area contributed by atoms with Gasteiger partial charge >= 0.3 is 5.97 Å². The number of carbonyl (C=O) groups excluding carboxylic acids is 1. The van der Waals surface area contributed by atoms with Gasteiger partial charge in [0.15, 0.2) is 0 Å². The number of hydrogen-bond acceptors (Lipinski definition) is 12. The summed E-state index contributed by atoms with van der Waals surface area (Å²) < 4.78 is 66.2. The molecule has 2 fully saturated rings. The molecule has 2 aliphatic rings. The second-order valence-electron chi connectivity index (χ2n) is 17.0. The van der Waals surface area contributed by atoms with Crippen molar-refractivity contribution in [2.75, 3.05) is 26.4 Å². The van der Waals surface area contributed by atoms with Crippen LogP contribution in [0.3, 0.4) is 0 Å². The van der Waals surface area contributed by atoms with E-state index in [1.807, 2.05) is 182 Å². The first-order valence-corrected chi connectivity index (χ1v) is 23.1. The first-order chi connectivity index (χ1) is 33.4. The molecule has 0 saturated carbocycles. The van der Waals surface area contributed by atoms with Gasteiger partial charge in [0, 0.05) is 6.92 Å². The molecule has 12 nitrogen and oxygen atoms in total. The van der Waals surface area contributed by atoms with E-state index in [1.54, 1.807) is 0 Å². The van der Waals surface area contributed by atoms with Crippen LogP contribution in [0.1, 0.15) is 40.3 Å². The maximum atomic E-state index is 13.0. The Bertz CT molecular complexity index is 2360. The quantitative estimate of drug-likeness (QED) is 0.0619. The van der Waals surface area contributed by atoms with Crippen LogP contribution in [0.5, 0.6) is 0 Å². The average molecular weight is 925 g/mol. The molecule has 0 unspecified atom stereocenters. The van der Waals surface area contributed by atoms with Gasteiger partial charge in [0.1, 0.15) is 49.8 Å². The molecule has 6 aromatic carbocycles. The molecule has 68 heavy (non-hydrogen) atoms. The zero-order chi connectivity index (χ0) is 46.9. The lowest BCUT2D eigenvalue weighted by Crippen LogP contribution is -2.69. The van der Waals surface area contributed by atoms with Gasteiger partial charge in [0.25, 0.3) is 0 Å². The number of ether oxygens (including phenoxy) is 10. The minimum atomic E-state index is -2.18. The fraction of sp³-hybridized carbons (Fsp3) is 0.339.